The van der Waals surface area contributed by atoms with Crippen LogP contribution in [0, 0.1) is 0 Å². The fourth-order valence-electron chi connectivity index (χ4n) is 3.06. The van der Waals surface area contributed by atoms with Crippen molar-refractivity contribution in [3.05, 3.63) is 23.9 Å². The van der Waals surface area contributed by atoms with Crippen molar-refractivity contribution in [1.29, 1.82) is 0 Å². The molecule has 9 heteroatoms. The largest absolute Gasteiger partial charge is 0.468 e. The molecule has 3 aliphatic carbocycles. The third-order valence-corrected chi connectivity index (χ3v) is 3.98. The number of halogens is 4. The molecule has 0 unspecified atom stereocenters. The number of amides is 2. The monoisotopic (exact) mass is 333 g/mol. The van der Waals surface area contributed by atoms with Crippen molar-refractivity contribution in [1.82, 2.24) is 15.6 Å². The first-order chi connectivity index (χ1) is 10.7. The summed E-state index contributed by atoms with van der Waals surface area (Å²) < 4.78 is 54.1. The van der Waals surface area contributed by atoms with Crippen LogP contribution < -0.4 is 15.4 Å². The van der Waals surface area contributed by atoms with Gasteiger partial charge in [-0.3, -0.25) is 0 Å². The van der Waals surface area contributed by atoms with E-state index in [0.29, 0.717) is 24.8 Å². The Morgan fingerprint density at radius 2 is 2.04 bits per heavy atom. The maximum absolute atomic E-state index is 13.3. The zero-order valence-electron chi connectivity index (χ0n) is 12.0. The molecule has 0 radical (unpaired) electrons. The lowest BCUT2D eigenvalue weighted by Crippen LogP contribution is -2.77. The molecule has 3 aliphatic rings. The Kier molecular flexibility index (Phi) is 3.61. The third kappa shape index (κ3) is 3.65. The van der Waals surface area contributed by atoms with Gasteiger partial charge in [-0.2, -0.15) is 13.2 Å². The van der Waals surface area contributed by atoms with E-state index in [9.17, 15) is 22.4 Å². The lowest BCUT2D eigenvalue weighted by atomic mass is 9.47. The highest BCUT2D eigenvalue weighted by Gasteiger charge is 2.69. The van der Waals surface area contributed by atoms with Gasteiger partial charge in [-0.05, 0) is 11.6 Å². The Hall–Kier alpha value is -2.06. The first kappa shape index (κ1) is 15.8. The topological polar surface area (TPSA) is 63.2 Å². The van der Waals surface area contributed by atoms with Gasteiger partial charge in [0, 0.05) is 38.1 Å². The molecule has 1 aromatic heterocycles. The summed E-state index contributed by atoms with van der Waals surface area (Å²) in [5, 5.41) is 5.31. The van der Waals surface area contributed by atoms with Crippen LogP contribution >= 0.6 is 0 Å². The lowest BCUT2D eigenvalue weighted by Gasteiger charge is -2.65. The van der Waals surface area contributed by atoms with Gasteiger partial charge in [-0.15, -0.1) is 0 Å². The summed E-state index contributed by atoms with van der Waals surface area (Å²) in [5.74, 6) is -0.166. The normalized spacial score (nSPS) is 28.3. The van der Waals surface area contributed by atoms with Gasteiger partial charge in [0.2, 0.25) is 5.88 Å². The Morgan fingerprint density at radius 3 is 2.65 bits per heavy atom. The number of ether oxygens (including phenoxy) is 1. The molecule has 0 aromatic carbocycles. The molecule has 0 aliphatic heterocycles. The van der Waals surface area contributed by atoms with Gasteiger partial charge < -0.3 is 15.4 Å². The number of rotatable bonds is 5. The number of carbonyl (C=O) groups is 1. The van der Waals surface area contributed by atoms with Gasteiger partial charge in [0.25, 0.3) is 0 Å². The van der Waals surface area contributed by atoms with E-state index in [4.69, 9.17) is 0 Å². The quantitative estimate of drug-likeness (QED) is 0.814. The number of nitrogens with zero attached hydrogens (tertiary/aromatic N) is 1. The van der Waals surface area contributed by atoms with Crippen molar-refractivity contribution in [2.24, 2.45) is 0 Å². The zero-order chi connectivity index (χ0) is 16.7. The molecule has 1 heterocycles. The second-order valence-electron chi connectivity index (χ2n) is 6.18. The van der Waals surface area contributed by atoms with Crippen LogP contribution in [-0.4, -0.2) is 35.0 Å². The van der Waals surface area contributed by atoms with E-state index in [0.717, 1.165) is 0 Å². The van der Waals surface area contributed by atoms with Gasteiger partial charge >= 0.3 is 12.2 Å². The number of urea groups is 1. The van der Waals surface area contributed by atoms with Crippen molar-refractivity contribution in [2.45, 2.75) is 43.2 Å². The molecule has 3 fully saturated rings. The number of carbonyl (C=O) groups excluding carboxylic acids is 1. The third-order valence-electron chi connectivity index (χ3n) is 3.98. The number of nitrogens with one attached hydrogen (secondary N) is 2. The SMILES string of the molecule is O=C(NCc1ccnc(OCC(F)(F)F)c1)NC12CC(F)(C1)C2. The van der Waals surface area contributed by atoms with E-state index >= 15 is 0 Å². The van der Waals surface area contributed by atoms with Crippen molar-refractivity contribution in [3.8, 4) is 5.88 Å². The smallest absolute Gasteiger partial charge is 0.422 e. The summed E-state index contributed by atoms with van der Waals surface area (Å²) in [4.78, 5) is 15.4. The van der Waals surface area contributed by atoms with Crippen molar-refractivity contribution in [2.75, 3.05) is 6.61 Å². The molecule has 3 saturated carbocycles. The summed E-state index contributed by atoms with van der Waals surface area (Å²) in [6.45, 7) is -1.32. The Labute approximate surface area is 129 Å². The maximum atomic E-state index is 13.3. The van der Waals surface area contributed by atoms with Crippen LogP contribution in [-0.2, 0) is 6.54 Å². The predicted molar refractivity (Wildman–Crippen MR) is 71.6 cm³/mol. The Balaban J connectivity index is 1.45. The molecule has 5 nitrogen and oxygen atoms in total. The van der Waals surface area contributed by atoms with Gasteiger partial charge in [-0.25, -0.2) is 14.2 Å². The molecule has 2 amide bonds. The first-order valence-corrected chi connectivity index (χ1v) is 7.07. The molecule has 0 spiro atoms. The van der Waals surface area contributed by atoms with Gasteiger partial charge in [0.1, 0.15) is 5.67 Å². The molecule has 126 valence electrons. The van der Waals surface area contributed by atoms with Gasteiger partial charge in [-0.1, -0.05) is 0 Å². The fourth-order valence-corrected chi connectivity index (χ4v) is 3.06. The second-order valence-corrected chi connectivity index (χ2v) is 6.18. The van der Waals surface area contributed by atoms with E-state index in [-0.39, 0.29) is 12.4 Å². The van der Waals surface area contributed by atoms with E-state index in [2.05, 4.69) is 20.4 Å². The molecular formula is C14H15F4N3O2. The van der Waals surface area contributed by atoms with E-state index < -0.39 is 30.0 Å². The highest BCUT2D eigenvalue weighted by molar-refractivity contribution is 5.75. The summed E-state index contributed by atoms with van der Waals surface area (Å²) in [6, 6.07) is 2.45. The molecule has 4 rings (SSSR count). The van der Waals surface area contributed by atoms with E-state index in [1.54, 1.807) is 6.07 Å². The van der Waals surface area contributed by atoms with Gasteiger partial charge in [0.05, 0.1) is 5.54 Å². The minimum Gasteiger partial charge on any atom is -0.468 e. The summed E-state index contributed by atoms with van der Waals surface area (Å²) in [7, 11) is 0. The molecule has 2 N–H and O–H groups in total. The molecule has 0 atom stereocenters. The van der Waals surface area contributed by atoms with E-state index in [1.165, 1.54) is 12.3 Å². The highest BCUT2D eigenvalue weighted by Crippen LogP contribution is 2.62. The van der Waals surface area contributed by atoms with E-state index in [1.807, 2.05) is 0 Å². The highest BCUT2D eigenvalue weighted by atomic mass is 19.4. The van der Waals surface area contributed by atoms with Crippen LogP contribution in [0.2, 0.25) is 0 Å². The van der Waals surface area contributed by atoms with Gasteiger partial charge in [0.15, 0.2) is 6.61 Å². The summed E-state index contributed by atoms with van der Waals surface area (Å²) in [5.41, 5.74) is -0.965. The number of hydrogen-bond acceptors (Lipinski definition) is 3. The lowest BCUT2D eigenvalue weighted by molar-refractivity contribution is -0.162. The summed E-state index contributed by atoms with van der Waals surface area (Å²) in [6.07, 6.45) is -2.10. The first-order valence-electron chi connectivity index (χ1n) is 7.07. The average molecular weight is 333 g/mol. The Morgan fingerprint density at radius 1 is 1.35 bits per heavy atom. The minimum absolute atomic E-state index is 0.105. The van der Waals surface area contributed by atoms with Crippen LogP contribution in [0.1, 0.15) is 24.8 Å². The Bertz CT molecular complexity index is 601. The molecular weight excluding hydrogens is 318 g/mol. The van der Waals surface area contributed by atoms with Crippen LogP contribution in [0.15, 0.2) is 18.3 Å². The number of aromatic nitrogens is 1. The average Bonchev–Trinajstić information content (AvgIpc) is 2.40. The maximum Gasteiger partial charge on any atom is 0.422 e. The van der Waals surface area contributed by atoms with Crippen LogP contribution in [0.5, 0.6) is 5.88 Å². The molecule has 0 saturated heterocycles. The molecule has 23 heavy (non-hydrogen) atoms. The van der Waals surface area contributed by atoms with Crippen LogP contribution in [0.25, 0.3) is 0 Å². The van der Waals surface area contributed by atoms with Crippen LogP contribution in [0.3, 0.4) is 0 Å². The predicted octanol–water partition coefficient (Wildman–Crippen LogP) is 2.47. The zero-order valence-corrected chi connectivity index (χ0v) is 12.0. The number of hydrogen-bond donors (Lipinski definition) is 2. The molecule has 1 aromatic rings. The summed E-state index contributed by atoms with van der Waals surface area (Å²) >= 11 is 0. The fraction of sp³-hybridized carbons (Fsp3) is 0.571. The van der Waals surface area contributed by atoms with Crippen LogP contribution in [0.4, 0.5) is 22.4 Å². The second kappa shape index (κ2) is 5.24. The molecule has 2 bridgehead atoms. The van der Waals surface area contributed by atoms with Crippen molar-refractivity contribution >= 4 is 6.03 Å². The minimum atomic E-state index is -4.44. The van der Waals surface area contributed by atoms with Crippen molar-refractivity contribution in [3.63, 3.8) is 0 Å². The standard InChI is InChI=1S/C14H15F4N3O2/c15-12-5-13(6-12,7-12)21-11(22)20-4-9-1-2-19-10(3-9)23-8-14(16,17)18/h1-3H,4-8H2,(H2,20,21,22). The number of alkyl halides is 4. The number of pyridine rings is 1. The van der Waals surface area contributed by atoms with Crippen molar-refractivity contribution < 1.29 is 27.1 Å².